The van der Waals surface area contributed by atoms with Gasteiger partial charge in [0.2, 0.25) is 0 Å². The average molecular weight is 230 g/mol. The van der Waals surface area contributed by atoms with Crippen molar-refractivity contribution in [2.24, 2.45) is 5.92 Å². The highest BCUT2D eigenvalue weighted by Gasteiger charge is 2.36. The summed E-state index contributed by atoms with van der Waals surface area (Å²) in [5, 5.41) is 3.63. The van der Waals surface area contributed by atoms with Crippen molar-refractivity contribution in [3.05, 3.63) is 29.8 Å². The Labute approximate surface area is 104 Å². The highest BCUT2D eigenvalue weighted by Crippen LogP contribution is 2.36. The molecule has 1 saturated heterocycles. The van der Waals surface area contributed by atoms with Gasteiger partial charge < -0.3 is 10.2 Å². The number of fused-ring (bicyclic) bond motifs is 1. The van der Waals surface area contributed by atoms with E-state index in [0.717, 1.165) is 5.92 Å². The SMILES string of the molecule is CC1NCCCC1C1Cc2ccccc2N1C. The quantitative estimate of drug-likeness (QED) is 0.797. The first-order valence-electron chi connectivity index (χ1n) is 6.81. The lowest BCUT2D eigenvalue weighted by molar-refractivity contribution is 0.254. The Morgan fingerprint density at radius 3 is 2.88 bits per heavy atom. The van der Waals surface area contributed by atoms with Crippen molar-refractivity contribution in [2.45, 2.75) is 38.3 Å². The van der Waals surface area contributed by atoms with Crippen LogP contribution in [0.25, 0.3) is 0 Å². The smallest absolute Gasteiger partial charge is 0.0399 e. The number of piperidine rings is 1. The average Bonchev–Trinajstić information content (AvgIpc) is 2.68. The minimum atomic E-state index is 0.658. The van der Waals surface area contributed by atoms with Gasteiger partial charge in [0.1, 0.15) is 0 Å². The van der Waals surface area contributed by atoms with Gasteiger partial charge in [-0.25, -0.2) is 0 Å². The summed E-state index contributed by atoms with van der Waals surface area (Å²) in [6.45, 7) is 3.54. The molecule has 2 aliphatic rings. The summed E-state index contributed by atoms with van der Waals surface area (Å²) in [5.74, 6) is 0.793. The van der Waals surface area contributed by atoms with Crippen LogP contribution < -0.4 is 10.2 Å². The maximum Gasteiger partial charge on any atom is 0.0399 e. The van der Waals surface area contributed by atoms with E-state index in [1.165, 1.54) is 37.1 Å². The van der Waals surface area contributed by atoms with E-state index >= 15 is 0 Å². The summed E-state index contributed by atoms with van der Waals surface area (Å²) in [6.07, 6.45) is 3.93. The van der Waals surface area contributed by atoms with Crippen LogP contribution in [-0.2, 0) is 6.42 Å². The number of hydrogen-bond acceptors (Lipinski definition) is 2. The third-order valence-corrected chi connectivity index (χ3v) is 4.62. The number of anilines is 1. The van der Waals surface area contributed by atoms with Crippen molar-refractivity contribution in [1.82, 2.24) is 5.32 Å². The van der Waals surface area contributed by atoms with Crippen molar-refractivity contribution in [2.75, 3.05) is 18.5 Å². The van der Waals surface area contributed by atoms with E-state index in [2.05, 4.69) is 48.5 Å². The normalized spacial score (nSPS) is 32.6. The van der Waals surface area contributed by atoms with Crippen LogP contribution in [0.15, 0.2) is 24.3 Å². The molecule has 2 aliphatic heterocycles. The second-order valence-corrected chi connectivity index (χ2v) is 5.56. The first-order chi connectivity index (χ1) is 8.27. The predicted octanol–water partition coefficient (Wildman–Crippen LogP) is 2.44. The van der Waals surface area contributed by atoms with Gasteiger partial charge in [-0.1, -0.05) is 18.2 Å². The molecule has 0 aromatic heterocycles. The lowest BCUT2D eigenvalue weighted by atomic mass is 9.84. The number of benzene rings is 1. The molecule has 92 valence electrons. The summed E-state index contributed by atoms with van der Waals surface area (Å²) in [7, 11) is 2.26. The van der Waals surface area contributed by atoms with Crippen molar-refractivity contribution in [3.8, 4) is 0 Å². The standard InChI is InChI=1S/C15H22N2/c1-11-13(7-5-9-16-11)15-10-12-6-3-4-8-14(12)17(15)2/h3-4,6,8,11,13,15-16H,5,7,9-10H2,1-2H3. The highest BCUT2D eigenvalue weighted by molar-refractivity contribution is 5.58. The van der Waals surface area contributed by atoms with Gasteiger partial charge in [0.25, 0.3) is 0 Å². The highest BCUT2D eigenvalue weighted by atomic mass is 15.2. The largest absolute Gasteiger partial charge is 0.371 e. The molecular weight excluding hydrogens is 208 g/mol. The van der Waals surface area contributed by atoms with Gasteiger partial charge >= 0.3 is 0 Å². The summed E-state index contributed by atoms with van der Waals surface area (Å²) >= 11 is 0. The van der Waals surface area contributed by atoms with E-state index < -0.39 is 0 Å². The van der Waals surface area contributed by atoms with Gasteiger partial charge in [0, 0.05) is 24.8 Å². The summed E-state index contributed by atoms with van der Waals surface area (Å²) in [4.78, 5) is 2.50. The summed E-state index contributed by atoms with van der Waals surface area (Å²) < 4.78 is 0. The van der Waals surface area contributed by atoms with Crippen LogP contribution >= 0.6 is 0 Å². The molecule has 1 fully saturated rings. The third kappa shape index (κ3) is 1.85. The van der Waals surface area contributed by atoms with Crippen molar-refractivity contribution >= 4 is 5.69 Å². The minimum absolute atomic E-state index is 0.658. The zero-order chi connectivity index (χ0) is 11.8. The fourth-order valence-corrected chi connectivity index (χ4v) is 3.60. The number of nitrogens with zero attached hydrogens (tertiary/aromatic N) is 1. The Morgan fingerprint density at radius 1 is 1.29 bits per heavy atom. The molecule has 0 aliphatic carbocycles. The van der Waals surface area contributed by atoms with Crippen molar-refractivity contribution < 1.29 is 0 Å². The first kappa shape index (κ1) is 11.1. The molecule has 3 atom stereocenters. The molecule has 1 aromatic rings. The molecule has 2 heterocycles. The molecule has 0 radical (unpaired) electrons. The van der Waals surface area contributed by atoms with Crippen molar-refractivity contribution in [1.29, 1.82) is 0 Å². The molecule has 2 heteroatoms. The zero-order valence-corrected chi connectivity index (χ0v) is 10.8. The first-order valence-corrected chi connectivity index (χ1v) is 6.81. The third-order valence-electron chi connectivity index (χ3n) is 4.62. The molecule has 1 aromatic carbocycles. The summed E-state index contributed by atoms with van der Waals surface area (Å²) in [6, 6.07) is 10.2. The lowest BCUT2D eigenvalue weighted by Crippen LogP contribution is -2.49. The van der Waals surface area contributed by atoms with Crippen LogP contribution in [0.3, 0.4) is 0 Å². The Kier molecular flexibility index (Phi) is 2.83. The molecule has 0 spiro atoms. The maximum atomic E-state index is 3.63. The Balaban J connectivity index is 1.83. The molecule has 0 amide bonds. The van der Waals surface area contributed by atoms with Gasteiger partial charge in [-0.15, -0.1) is 0 Å². The molecule has 0 saturated carbocycles. The monoisotopic (exact) mass is 230 g/mol. The van der Waals surface area contributed by atoms with Crippen LogP contribution in [0.4, 0.5) is 5.69 Å². The Bertz CT molecular complexity index is 402. The van der Waals surface area contributed by atoms with Gasteiger partial charge in [0.05, 0.1) is 0 Å². The predicted molar refractivity (Wildman–Crippen MR) is 72.5 cm³/mol. The lowest BCUT2D eigenvalue weighted by Gasteiger charge is -2.38. The number of rotatable bonds is 1. The number of nitrogens with one attached hydrogen (secondary N) is 1. The molecule has 2 nitrogen and oxygen atoms in total. The number of para-hydroxylation sites is 1. The second-order valence-electron chi connectivity index (χ2n) is 5.56. The van der Waals surface area contributed by atoms with Gasteiger partial charge in [-0.3, -0.25) is 0 Å². The Hall–Kier alpha value is -1.02. The number of likely N-dealkylation sites (N-methyl/N-ethyl adjacent to an activating group) is 1. The Morgan fingerprint density at radius 2 is 2.12 bits per heavy atom. The van der Waals surface area contributed by atoms with Crippen molar-refractivity contribution in [3.63, 3.8) is 0 Å². The van der Waals surface area contributed by atoms with Gasteiger partial charge in [-0.2, -0.15) is 0 Å². The van der Waals surface area contributed by atoms with E-state index in [9.17, 15) is 0 Å². The number of hydrogen-bond donors (Lipinski definition) is 1. The fraction of sp³-hybridized carbons (Fsp3) is 0.600. The minimum Gasteiger partial charge on any atom is -0.371 e. The second kappa shape index (κ2) is 4.34. The molecule has 1 N–H and O–H groups in total. The van der Waals surface area contributed by atoms with E-state index in [4.69, 9.17) is 0 Å². The van der Waals surface area contributed by atoms with Crippen LogP contribution in [0.1, 0.15) is 25.3 Å². The van der Waals surface area contributed by atoms with E-state index in [0.29, 0.717) is 12.1 Å². The van der Waals surface area contributed by atoms with Crippen LogP contribution in [0.2, 0.25) is 0 Å². The van der Waals surface area contributed by atoms with E-state index in [1.54, 1.807) is 0 Å². The van der Waals surface area contributed by atoms with Crippen LogP contribution in [0, 0.1) is 5.92 Å². The zero-order valence-electron chi connectivity index (χ0n) is 10.8. The molecule has 3 rings (SSSR count). The van der Waals surface area contributed by atoms with E-state index in [1.807, 2.05) is 0 Å². The molecule has 17 heavy (non-hydrogen) atoms. The van der Waals surface area contributed by atoms with E-state index in [-0.39, 0.29) is 0 Å². The maximum absolute atomic E-state index is 3.63. The van der Waals surface area contributed by atoms with Gasteiger partial charge in [-0.05, 0) is 50.3 Å². The van der Waals surface area contributed by atoms with Crippen LogP contribution in [-0.4, -0.2) is 25.7 Å². The topological polar surface area (TPSA) is 15.3 Å². The fourth-order valence-electron chi connectivity index (χ4n) is 3.60. The molecule has 0 bridgehead atoms. The van der Waals surface area contributed by atoms with Crippen LogP contribution in [0.5, 0.6) is 0 Å². The molecule has 3 unspecified atom stereocenters. The van der Waals surface area contributed by atoms with Gasteiger partial charge in [0.15, 0.2) is 0 Å². The molecular formula is C15H22N2. The summed E-state index contributed by atoms with van der Waals surface area (Å²) in [5.41, 5.74) is 2.97.